The highest BCUT2D eigenvalue weighted by Crippen LogP contribution is 2.29. The quantitative estimate of drug-likeness (QED) is 0.898. The summed E-state index contributed by atoms with van der Waals surface area (Å²) in [6.45, 7) is 5.53. The van der Waals surface area contributed by atoms with Crippen molar-refractivity contribution in [2.45, 2.75) is 32.7 Å². The van der Waals surface area contributed by atoms with Gasteiger partial charge >= 0.3 is 10.2 Å². The van der Waals surface area contributed by atoms with Crippen LogP contribution in [0.4, 0.5) is 5.69 Å². The molecule has 0 aliphatic carbocycles. The van der Waals surface area contributed by atoms with Crippen molar-refractivity contribution in [1.82, 2.24) is 4.72 Å². The number of para-hydroxylation sites is 1. The van der Waals surface area contributed by atoms with Crippen molar-refractivity contribution in [3.8, 4) is 0 Å². The van der Waals surface area contributed by atoms with Crippen molar-refractivity contribution in [3.63, 3.8) is 0 Å². The molecule has 2 rings (SSSR count). The maximum absolute atomic E-state index is 12.4. The molecule has 19 heavy (non-hydrogen) atoms. The van der Waals surface area contributed by atoms with E-state index in [-0.39, 0.29) is 18.7 Å². The van der Waals surface area contributed by atoms with E-state index in [1.54, 1.807) is 45.0 Å². The molecule has 1 aliphatic heterocycles. The smallest absolute Gasteiger partial charge is 0.294 e. The molecule has 5 nitrogen and oxygen atoms in total. The van der Waals surface area contributed by atoms with Crippen molar-refractivity contribution in [3.05, 3.63) is 29.8 Å². The standard InChI is InChI=1S/C13H18N2O3S/c1-13(2,3)14-19(17,18)15-9-8-12(16)10-6-4-5-7-11(10)15/h4-7,14H,8-9H2,1-3H3. The zero-order valence-corrected chi connectivity index (χ0v) is 12.1. The largest absolute Gasteiger partial charge is 0.302 e. The van der Waals surface area contributed by atoms with E-state index >= 15 is 0 Å². The molecule has 104 valence electrons. The lowest BCUT2D eigenvalue weighted by Gasteiger charge is -2.32. The minimum atomic E-state index is -3.65. The number of nitrogens with one attached hydrogen (secondary N) is 1. The van der Waals surface area contributed by atoms with Gasteiger partial charge in [0.15, 0.2) is 5.78 Å². The van der Waals surface area contributed by atoms with E-state index in [2.05, 4.69) is 4.72 Å². The first-order valence-electron chi connectivity index (χ1n) is 6.14. The number of anilines is 1. The van der Waals surface area contributed by atoms with E-state index in [0.717, 1.165) is 0 Å². The highest BCUT2D eigenvalue weighted by atomic mass is 32.2. The van der Waals surface area contributed by atoms with Crippen LogP contribution in [-0.4, -0.2) is 26.3 Å². The Kier molecular flexibility index (Phi) is 3.40. The van der Waals surface area contributed by atoms with E-state index in [1.165, 1.54) is 4.31 Å². The number of ketones is 1. The van der Waals surface area contributed by atoms with Gasteiger partial charge in [-0.05, 0) is 32.9 Å². The van der Waals surface area contributed by atoms with E-state index < -0.39 is 15.7 Å². The molecule has 0 atom stereocenters. The molecule has 0 bridgehead atoms. The lowest BCUT2D eigenvalue weighted by molar-refractivity contribution is 0.0982. The number of carbonyl (C=O) groups excluding carboxylic acids is 1. The Bertz CT molecular complexity index is 603. The number of fused-ring (bicyclic) bond motifs is 1. The van der Waals surface area contributed by atoms with Gasteiger partial charge in [-0.3, -0.25) is 9.10 Å². The molecule has 1 heterocycles. The Morgan fingerprint density at radius 1 is 1.21 bits per heavy atom. The van der Waals surface area contributed by atoms with Crippen molar-refractivity contribution in [2.24, 2.45) is 0 Å². The summed E-state index contributed by atoms with van der Waals surface area (Å²) in [5, 5.41) is 0. The molecule has 0 saturated heterocycles. The summed E-state index contributed by atoms with van der Waals surface area (Å²) in [4.78, 5) is 11.8. The van der Waals surface area contributed by atoms with Gasteiger partial charge in [0.2, 0.25) is 0 Å². The van der Waals surface area contributed by atoms with Gasteiger partial charge in [-0.25, -0.2) is 0 Å². The maximum Gasteiger partial charge on any atom is 0.302 e. The SMILES string of the molecule is CC(C)(C)NS(=O)(=O)N1CCC(=O)c2ccccc21. The number of hydrogen-bond acceptors (Lipinski definition) is 3. The van der Waals surface area contributed by atoms with Crippen LogP contribution in [0.5, 0.6) is 0 Å². The summed E-state index contributed by atoms with van der Waals surface area (Å²) in [7, 11) is -3.65. The third kappa shape index (κ3) is 2.96. The molecule has 0 spiro atoms. The fraction of sp³-hybridized carbons (Fsp3) is 0.462. The first kappa shape index (κ1) is 14.0. The number of nitrogens with zero attached hydrogens (tertiary/aromatic N) is 1. The number of Topliss-reactive ketones (excluding diaryl/α,β-unsaturated/α-hetero) is 1. The van der Waals surface area contributed by atoms with Crippen LogP contribution < -0.4 is 9.03 Å². The van der Waals surface area contributed by atoms with Crippen LogP contribution in [0.1, 0.15) is 37.6 Å². The van der Waals surface area contributed by atoms with Gasteiger partial charge < -0.3 is 0 Å². The second kappa shape index (κ2) is 4.61. The molecule has 0 aromatic heterocycles. The Morgan fingerprint density at radius 3 is 2.47 bits per heavy atom. The van der Waals surface area contributed by atoms with Gasteiger partial charge in [-0.15, -0.1) is 0 Å². The molecule has 0 amide bonds. The summed E-state index contributed by atoms with van der Waals surface area (Å²) in [6, 6.07) is 6.80. The molecular formula is C13H18N2O3S. The predicted octanol–water partition coefficient (Wildman–Crippen LogP) is 1.71. The minimum Gasteiger partial charge on any atom is -0.294 e. The van der Waals surface area contributed by atoms with Crippen LogP contribution in [0.25, 0.3) is 0 Å². The van der Waals surface area contributed by atoms with Gasteiger partial charge in [-0.1, -0.05) is 12.1 Å². The fourth-order valence-corrected chi connectivity index (χ4v) is 3.71. The highest BCUT2D eigenvalue weighted by Gasteiger charge is 2.32. The van der Waals surface area contributed by atoms with Gasteiger partial charge in [0.1, 0.15) is 0 Å². The minimum absolute atomic E-state index is 0.0159. The number of hydrogen-bond donors (Lipinski definition) is 1. The highest BCUT2D eigenvalue weighted by molar-refractivity contribution is 7.91. The van der Waals surface area contributed by atoms with Crippen molar-refractivity contribution in [2.75, 3.05) is 10.8 Å². The fourth-order valence-electron chi connectivity index (χ4n) is 2.08. The second-order valence-corrected chi connectivity index (χ2v) is 7.21. The summed E-state index contributed by atoms with van der Waals surface area (Å²) < 4.78 is 28.6. The lowest BCUT2D eigenvalue weighted by atomic mass is 10.0. The van der Waals surface area contributed by atoms with E-state index in [1.807, 2.05) is 0 Å². The van der Waals surface area contributed by atoms with Crippen LogP contribution in [0.2, 0.25) is 0 Å². The Hall–Kier alpha value is -1.40. The first-order chi connectivity index (χ1) is 8.71. The molecule has 1 aromatic carbocycles. The zero-order chi connectivity index (χ0) is 14.3. The topological polar surface area (TPSA) is 66.5 Å². The number of benzene rings is 1. The summed E-state index contributed by atoms with van der Waals surface area (Å²) in [5.41, 5.74) is 0.360. The Labute approximate surface area is 113 Å². The van der Waals surface area contributed by atoms with Crippen LogP contribution in [0, 0.1) is 0 Å². The third-order valence-corrected chi connectivity index (χ3v) is 4.57. The van der Waals surface area contributed by atoms with Gasteiger partial charge in [0.25, 0.3) is 0 Å². The van der Waals surface area contributed by atoms with Crippen LogP contribution in [0.15, 0.2) is 24.3 Å². The summed E-state index contributed by atoms with van der Waals surface area (Å²) in [6.07, 6.45) is 0.210. The van der Waals surface area contributed by atoms with E-state index in [0.29, 0.717) is 11.3 Å². The van der Waals surface area contributed by atoms with Gasteiger partial charge in [0.05, 0.1) is 5.69 Å². The number of carbonyl (C=O) groups is 1. The average Bonchev–Trinajstić information content (AvgIpc) is 2.26. The molecule has 6 heteroatoms. The second-order valence-electron chi connectivity index (χ2n) is 5.62. The monoisotopic (exact) mass is 282 g/mol. The first-order valence-corrected chi connectivity index (χ1v) is 7.58. The van der Waals surface area contributed by atoms with Crippen molar-refractivity contribution < 1.29 is 13.2 Å². The van der Waals surface area contributed by atoms with Crippen molar-refractivity contribution in [1.29, 1.82) is 0 Å². The molecule has 0 unspecified atom stereocenters. The van der Waals surface area contributed by atoms with Crippen molar-refractivity contribution >= 4 is 21.7 Å². The summed E-state index contributed by atoms with van der Waals surface area (Å²) >= 11 is 0. The number of rotatable bonds is 2. The molecular weight excluding hydrogens is 264 g/mol. The van der Waals surface area contributed by atoms with Gasteiger partial charge in [0, 0.05) is 24.1 Å². The maximum atomic E-state index is 12.4. The molecule has 1 aromatic rings. The Balaban J connectivity index is 2.43. The zero-order valence-electron chi connectivity index (χ0n) is 11.3. The molecule has 1 aliphatic rings. The van der Waals surface area contributed by atoms with E-state index in [9.17, 15) is 13.2 Å². The third-order valence-electron chi connectivity index (χ3n) is 2.74. The van der Waals surface area contributed by atoms with Crippen LogP contribution in [0.3, 0.4) is 0 Å². The Morgan fingerprint density at radius 2 is 1.84 bits per heavy atom. The van der Waals surface area contributed by atoms with Crippen LogP contribution in [-0.2, 0) is 10.2 Å². The van der Waals surface area contributed by atoms with E-state index in [4.69, 9.17) is 0 Å². The molecule has 0 saturated carbocycles. The summed E-state index contributed by atoms with van der Waals surface area (Å²) in [5.74, 6) is -0.0159. The lowest BCUT2D eigenvalue weighted by Crippen LogP contribution is -2.50. The van der Waals surface area contributed by atoms with Crippen LogP contribution >= 0.6 is 0 Å². The normalized spacial score (nSPS) is 16.4. The van der Waals surface area contributed by atoms with Gasteiger partial charge in [-0.2, -0.15) is 13.1 Å². The average molecular weight is 282 g/mol. The predicted molar refractivity (Wildman–Crippen MR) is 74.5 cm³/mol. The molecule has 0 radical (unpaired) electrons. The molecule has 1 N–H and O–H groups in total. The molecule has 0 fully saturated rings.